The molecule has 1 aromatic carbocycles. The summed E-state index contributed by atoms with van der Waals surface area (Å²) >= 11 is 0. The minimum Gasteiger partial charge on any atom is -0.467 e. The van der Waals surface area contributed by atoms with Crippen LogP contribution in [0.25, 0.3) is 0 Å². The van der Waals surface area contributed by atoms with Crippen molar-refractivity contribution in [1.82, 2.24) is 5.01 Å². The number of furan rings is 2. The first-order chi connectivity index (χ1) is 11.7. The molecular formula is C19H16N2O3. The number of hydrogen-bond acceptors (Lipinski definition) is 4. The summed E-state index contributed by atoms with van der Waals surface area (Å²) in [6.07, 6.45) is 3.76. The zero-order valence-corrected chi connectivity index (χ0v) is 13.2. The molecule has 5 nitrogen and oxygen atoms in total. The number of aryl methyl sites for hydroxylation is 1. The number of hydrazone groups is 1. The van der Waals surface area contributed by atoms with Gasteiger partial charge in [0, 0.05) is 12.0 Å². The molecule has 0 aliphatic carbocycles. The minimum absolute atomic E-state index is 0.155. The first-order valence-corrected chi connectivity index (χ1v) is 7.77. The molecular weight excluding hydrogens is 304 g/mol. The molecule has 0 fully saturated rings. The molecule has 3 aromatic rings. The average molecular weight is 320 g/mol. The van der Waals surface area contributed by atoms with Gasteiger partial charge in [-0.05, 0) is 43.3 Å². The molecule has 0 bridgehead atoms. The molecule has 0 unspecified atom stereocenters. The standard InChI is InChI=1S/C19H16N2O3/c1-13-6-8-14(9-7-13)19(22)21-16(18-5-3-11-24-18)12-15(20-21)17-4-2-10-23-17/h2-11,16H,12H2,1H3/t16-/m1/s1. The highest BCUT2D eigenvalue weighted by Gasteiger charge is 2.36. The second-order valence-corrected chi connectivity index (χ2v) is 5.78. The monoisotopic (exact) mass is 320 g/mol. The molecule has 1 atom stereocenters. The Labute approximate surface area is 139 Å². The fourth-order valence-corrected chi connectivity index (χ4v) is 2.82. The van der Waals surface area contributed by atoms with Gasteiger partial charge in [-0.15, -0.1) is 0 Å². The van der Waals surface area contributed by atoms with Crippen molar-refractivity contribution in [3.63, 3.8) is 0 Å². The van der Waals surface area contributed by atoms with E-state index < -0.39 is 0 Å². The molecule has 120 valence electrons. The molecule has 0 saturated carbocycles. The molecule has 5 heteroatoms. The fourth-order valence-electron chi connectivity index (χ4n) is 2.82. The number of nitrogens with zero attached hydrogens (tertiary/aromatic N) is 2. The molecule has 0 N–H and O–H groups in total. The van der Waals surface area contributed by atoms with Crippen LogP contribution in [0.4, 0.5) is 0 Å². The third-order valence-corrected chi connectivity index (χ3v) is 4.09. The lowest BCUT2D eigenvalue weighted by molar-refractivity contribution is 0.0693. The van der Waals surface area contributed by atoms with Crippen LogP contribution in [-0.4, -0.2) is 16.6 Å². The minimum atomic E-state index is -0.270. The number of hydrogen-bond donors (Lipinski definition) is 0. The highest BCUT2D eigenvalue weighted by Crippen LogP contribution is 2.34. The lowest BCUT2D eigenvalue weighted by atomic mass is 10.1. The van der Waals surface area contributed by atoms with E-state index in [1.807, 2.05) is 55.5 Å². The van der Waals surface area contributed by atoms with Gasteiger partial charge in [0.2, 0.25) is 0 Å². The van der Waals surface area contributed by atoms with Crippen molar-refractivity contribution in [3.05, 3.63) is 83.7 Å². The molecule has 0 saturated heterocycles. The highest BCUT2D eigenvalue weighted by atomic mass is 16.3. The maximum atomic E-state index is 12.9. The molecule has 2 aromatic heterocycles. The molecule has 1 aliphatic heterocycles. The van der Waals surface area contributed by atoms with E-state index in [0.717, 1.165) is 11.3 Å². The van der Waals surface area contributed by atoms with Crippen molar-refractivity contribution >= 4 is 11.6 Å². The molecule has 4 rings (SSSR count). The summed E-state index contributed by atoms with van der Waals surface area (Å²) in [7, 11) is 0. The van der Waals surface area contributed by atoms with Crippen molar-refractivity contribution in [2.75, 3.05) is 0 Å². The van der Waals surface area contributed by atoms with Crippen LogP contribution >= 0.6 is 0 Å². The van der Waals surface area contributed by atoms with Gasteiger partial charge in [0.05, 0.1) is 12.5 Å². The summed E-state index contributed by atoms with van der Waals surface area (Å²) in [5.74, 6) is 1.23. The van der Waals surface area contributed by atoms with Crippen molar-refractivity contribution in [2.45, 2.75) is 19.4 Å². The van der Waals surface area contributed by atoms with Crippen molar-refractivity contribution in [3.8, 4) is 0 Å². The molecule has 1 aliphatic rings. The van der Waals surface area contributed by atoms with Gasteiger partial charge in [-0.1, -0.05) is 17.7 Å². The normalized spacial score (nSPS) is 17.1. The van der Waals surface area contributed by atoms with Gasteiger partial charge in [-0.3, -0.25) is 4.79 Å². The summed E-state index contributed by atoms with van der Waals surface area (Å²) in [4.78, 5) is 12.9. The zero-order chi connectivity index (χ0) is 16.5. The number of amides is 1. The van der Waals surface area contributed by atoms with E-state index in [0.29, 0.717) is 23.5 Å². The van der Waals surface area contributed by atoms with E-state index in [4.69, 9.17) is 8.83 Å². The lowest BCUT2D eigenvalue weighted by Gasteiger charge is -2.19. The van der Waals surface area contributed by atoms with E-state index in [1.165, 1.54) is 5.01 Å². The van der Waals surface area contributed by atoms with Crippen LogP contribution in [0.1, 0.15) is 39.9 Å². The fraction of sp³-hybridized carbons (Fsp3) is 0.158. The maximum Gasteiger partial charge on any atom is 0.274 e. The predicted octanol–water partition coefficient (Wildman–Crippen LogP) is 4.17. The topological polar surface area (TPSA) is 59.0 Å². The Kier molecular flexibility index (Phi) is 3.54. The highest BCUT2D eigenvalue weighted by molar-refractivity contribution is 6.03. The van der Waals surface area contributed by atoms with Crippen molar-refractivity contribution in [1.29, 1.82) is 0 Å². The van der Waals surface area contributed by atoms with Crippen LogP contribution in [0.3, 0.4) is 0 Å². The molecule has 0 radical (unpaired) electrons. The van der Waals surface area contributed by atoms with E-state index in [1.54, 1.807) is 12.5 Å². The SMILES string of the molecule is Cc1ccc(C(=O)N2N=C(c3ccco3)C[C@@H]2c2ccco2)cc1. The van der Waals surface area contributed by atoms with E-state index in [2.05, 4.69) is 5.10 Å². The summed E-state index contributed by atoms with van der Waals surface area (Å²) < 4.78 is 11.0. The van der Waals surface area contributed by atoms with Crippen LogP contribution in [0.2, 0.25) is 0 Å². The Bertz CT molecular complexity index is 862. The quantitative estimate of drug-likeness (QED) is 0.727. The van der Waals surface area contributed by atoms with Gasteiger partial charge in [0.1, 0.15) is 23.3 Å². The van der Waals surface area contributed by atoms with Gasteiger partial charge in [-0.2, -0.15) is 5.10 Å². The Morgan fingerprint density at radius 1 is 1.08 bits per heavy atom. The summed E-state index contributed by atoms with van der Waals surface area (Å²) in [5.41, 5.74) is 2.44. The lowest BCUT2D eigenvalue weighted by Crippen LogP contribution is -2.26. The summed E-state index contributed by atoms with van der Waals surface area (Å²) in [6.45, 7) is 1.99. The third-order valence-electron chi connectivity index (χ3n) is 4.09. The van der Waals surface area contributed by atoms with Crippen LogP contribution in [0, 0.1) is 6.92 Å². The number of carbonyl (C=O) groups excluding carboxylic acids is 1. The first kappa shape index (κ1) is 14.5. The number of carbonyl (C=O) groups is 1. The maximum absolute atomic E-state index is 12.9. The Hall–Kier alpha value is -3.08. The van der Waals surface area contributed by atoms with Gasteiger partial charge < -0.3 is 8.83 Å². The molecule has 0 spiro atoms. The Morgan fingerprint density at radius 3 is 2.50 bits per heavy atom. The van der Waals surface area contributed by atoms with E-state index in [9.17, 15) is 4.79 Å². The smallest absolute Gasteiger partial charge is 0.274 e. The Morgan fingerprint density at radius 2 is 1.83 bits per heavy atom. The Balaban J connectivity index is 1.70. The number of rotatable bonds is 3. The first-order valence-electron chi connectivity index (χ1n) is 7.77. The van der Waals surface area contributed by atoms with Crippen molar-refractivity contribution in [2.24, 2.45) is 5.10 Å². The second kappa shape index (κ2) is 5.85. The van der Waals surface area contributed by atoms with Crippen molar-refractivity contribution < 1.29 is 13.6 Å². The van der Waals surface area contributed by atoms with E-state index >= 15 is 0 Å². The summed E-state index contributed by atoms with van der Waals surface area (Å²) in [5, 5.41) is 6.00. The predicted molar refractivity (Wildman–Crippen MR) is 88.7 cm³/mol. The van der Waals surface area contributed by atoms with E-state index in [-0.39, 0.29) is 11.9 Å². The van der Waals surface area contributed by atoms with Crippen LogP contribution in [-0.2, 0) is 0 Å². The second-order valence-electron chi connectivity index (χ2n) is 5.78. The van der Waals surface area contributed by atoms with Crippen LogP contribution in [0.15, 0.2) is 75.0 Å². The molecule has 3 heterocycles. The van der Waals surface area contributed by atoms with Gasteiger partial charge >= 0.3 is 0 Å². The summed E-state index contributed by atoms with van der Waals surface area (Å²) in [6, 6.07) is 14.5. The molecule has 24 heavy (non-hydrogen) atoms. The van der Waals surface area contributed by atoms with Crippen LogP contribution in [0.5, 0.6) is 0 Å². The largest absolute Gasteiger partial charge is 0.467 e. The average Bonchev–Trinajstić information content (AvgIpc) is 3.33. The van der Waals surface area contributed by atoms with Gasteiger partial charge in [0.25, 0.3) is 5.91 Å². The third kappa shape index (κ3) is 2.54. The molecule has 1 amide bonds. The van der Waals surface area contributed by atoms with Crippen LogP contribution < -0.4 is 0 Å². The van der Waals surface area contributed by atoms with Gasteiger partial charge in [-0.25, -0.2) is 5.01 Å². The number of benzene rings is 1. The zero-order valence-electron chi connectivity index (χ0n) is 13.2. The van der Waals surface area contributed by atoms with Gasteiger partial charge in [0.15, 0.2) is 0 Å².